The van der Waals surface area contributed by atoms with Gasteiger partial charge in [0.05, 0.1) is 0 Å². The zero-order valence-electron chi connectivity index (χ0n) is 6.97. The Bertz CT molecular complexity index is 298. The number of aromatic nitrogens is 2. The third-order valence-electron chi connectivity index (χ3n) is 1.36. The number of aryl methyl sites for hydroxylation is 1. The maximum Gasteiger partial charge on any atom is 0.271 e. The number of rotatable bonds is 3. The second-order valence-electron chi connectivity index (χ2n) is 2.54. The second kappa shape index (κ2) is 4.48. The lowest BCUT2D eigenvalue weighted by Gasteiger charge is -2.01. The fraction of sp³-hybridized carbons (Fsp3) is 0.429. The summed E-state index contributed by atoms with van der Waals surface area (Å²) in [6.45, 7) is 2.03. The molecule has 0 saturated heterocycles. The van der Waals surface area contributed by atoms with Gasteiger partial charge in [0.25, 0.3) is 5.91 Å². The number of nitrogens with zero attached hydrogens (tertiary/aromatic N) is 1. The molecule has 0 aliphatic carbocycles. The molecule has 1 amide bonds. The van der Waals surface area contributed by atoms with Gasteiger partial charge in [-0.15, -0.1) is 23.2 Å². The highest BCUT2D eigenvalue weighted by atomic mass is 35.5. The van der Waals surface area contributed by atoms with E-state index in [9.17, 15) is 4.79 Å². The standard InChI is InChI=1S/C7H9Cl2N3O/c1-4-2-5(12-11-4)7(13)10-3-6(8)9/h2,6H,3H2,1H3,(H,10,13)(H,11,12). The Kier molecular flexibility index (Phi) is 3.57. The lowest BCUT2D eigenvalue weighted by atomic mass is 10.3. The zero-order chi connectivity index (χ0) is 9.84. The number of halogens is 2. The molecule has 0 atom stereocenters. The maximum absolute atomic E-state index is 11.3. The first-order valence-electron chi connectivity index (χ1n) is 3.68. The predicted molar refractivity (Wildman–Crippen MR) is 51.2 cm³/mol. The molecule has 0 radical (unpaired) electrons. The molecule has 0 bridgehead atoms. The van der Waals surface area contributed by atoms with Gasteiger partial charge in [-0.2, -0.15) is 5.10 Å². The minimum Gasteiger partial charge on any atom is -0.348 e. The molecule has 1 rings (SSSR count). The van der Waals surface area contributed by atoms with Crippen LogP contribution in [-0.2, 0) is 0 Å². The van der Waals surface area contributed by atoms with E-state index in [0.29, 0.717) is 5.69 Å². The van der Waals surface area contributed by atoms with E-state index in [4.69, 9.17) is 23.2 Å². The summed E-state index contributed by atoms with van der Waals surface area (Å²) in [4.78, 5) is 10.7. The number of amides is 1. The molecule has 0 aliphatic rings. The molecule has 0 saturated carbocycles. The van der Waals surface area contributed by atoms with Crippen molar-refractivity contribution in [3.05, 3.63) is 17.5 Å². The van der Waals surface area contributed by atoms with Gasteiger partial charge in [0.2, 0.25) is 0 Å². The summed E-state index contributed by atoms with van der Waals surface area (Å²) >= 11 is 10.9. The highest BCUT2D eigenvalue weighted by Crippen LogP contribution is 2.00. The first kappa shape index (κ1) is 10.3. The number of hydrogen-bond donors (Lipinski definition) is 2. The minimum absolute atomic E-state index is 0.216. The van der Waals surface area contributed by atoms with Crippen molar-refractivity contribution in [2.75, 3.05) is 6.54 Å². The van der Waals surface area contributed by atoms with E-state index in [1.807, 2.05) is 6.92 Å². The largest absolute Gasteiger partial charge is 0.348 e. The molecule has 0 aliphatic heterocycles. The summed E-state index contributed by atoms with van der Waals surface area (Å²) in [6, 6.07) is 1.65. The number of H-pyrrole nitrogens is 1. The number of aromatic amines is 1. The van der Waals surface area contributed by atoms with Crippen molar-refractivity contribution in [1.82, 2.24) is 15.5 Å². The van der Waals surface area contributed by atoms with Crippen LogP contribution in [0, 0.1) is 6.92 Å². The fourth-order valence-corrected chi connectivity index (χ4v) is 0.949. The normalized spacial score (nSPS) is 10.5. The number of carbonyl (C=O) groups is 1. The Morgan fingerprint density at radius 3 is 2.92 bits per heavy atom. The van der Waals surface area contributed by atoms with Gasteiger partial charge in [-0.05, 0) is 13.0 Å². The molecular formula is C7H9Cl2N3O. The molecule has 0 fully saturated rings. The van der Waals surface area contributed by atoms with Crippen molar-refractivity contribution in [3.63, 3.8) is 0 Å². The Labute approximate surface area is 85.6 Å². The summed E-state index contributed by atoms with van der Waals surface area (Å²) in [6.07, 6.45) is 0. The lowest BCUT2D eigenvalue weighted by molar-refractivity contribution is 0.0950. The van der Waals surface area contributed by atoms with Crippen LogP contribution < -0.4 is 5.32 Å². The molecule has 1 aromatic heterocycles. The average molecular weight is 222 g/mol. The van der Waals surface area contributed by atoms with Crippen molar-refractivity contribution in [1.29, 1.82) is 0 Å². The lowest BCUT2D eigenvalue weighted by Crippen LogP contribution is -2.28. The second-order valence-corrected chi connectivity index (χ2v) is 3.81. The van der Waals surface area contributed by atoms with E-state index >= 15 is 0 Å². The Morgan fingerprint density at radius 2 is 2.46 bits per heavy atom. The number of hydrogen-bond acceptors (Lipinski definition) is 2. The third kappa shape index (κ3) is 3.24. The Balaban J connectivity index is 2.49. The molecule has 1 heterocycles. The van der Waals surface area contributed by atoms with Crippen molar-refractivity contribution >= 4 is 29.1 Å². The highest BCUT2D eigenvalue weighted by Gasteiger charge is 2.09. The van der Waals surface area contributed by atoms with Crippen LogP contribution in [0.5, 0.6) is 0 Å². The monoisotopic (exact) mass is 221 g/mol. The van der Waals surface area contributed by atoms with Crippen LogP contribution in [0.2, 0.25) is 0 Å². The van der Waals surface area contributed by atoms with Crippen molar-refractivity contribution in [3.8, 4) is 0 Å². The summed E-state index contributed by atoms with van der Waals surface area (Å²) in [5.41, 5.74) is 1.17. The minimum atomic E-state index is -0.594. The van der Waals surface area contributed by atoms with Crippen LogP contribution in [0.1, 0.15) is 16.2 Å². The topological polar surface area (TPSA) is 57.8 Å². The van der Waals surface area contributed by atoms with Gasteiger partial charge in [0, 0.05) is 12.2 Å². The van der Waals surface area contributed by atoms with E-state index in [0.717, 1.165) is 5.69 Å². The molecule has 0 spiro atoms. The number of carbonyl (C=O) groups excluding carboxylic acids is 1. The van der Waals surface area contributed by atoms with Crippen LogP contribution in [0.3, 0.4) is 0 Å². The van der Waals surface area contributed by atoms with E-state index in [2.05, 4.69) is 15.5 Å². The molecule has 13 heavy (non-hydrogen) atoms. The van der Waals surface area contributed by atoms with Crippen LogP contribution in [0.15, 0.2) is 6.07 Å². The van der Waals surface area contributed by atoms with Gasteiger partial charge in [-0.1, -0.05) is 0 Å². The number of nitrogens with one attached hydrogen (secondary N) is 2. The van der Waals surface area contributed by atoms with Crippen LogP contribution in [0.4, 0.5) is 0 Å². The number of alkyl halides is 2. The van der Waals surface area contributed by atoms with Crippen LogP contribution in [0.25, 0.3) is 0 Å². The molecule has 0 aromatic carbocycles. The van der Waals surface area contributed by atoms with Gasteiger partial charge in [-0.3, -0.25) is 9.89 Å². The summed E-state index contributed by atoms with van der Waals surface area (Å²) in [5, 5.41) is 8.96. The summed E-state index contributed by atoms with van der Waals surface area (Å²) in [7, 11) is 0. The van der Waals surface area contributed by atoms with E-state index in [1.165, 1.54) is 0 Å². The van der Waals surface area contributed by atoms with Crippen LogP contribution >= 0.6 is 23.2 Å². The molecule has 72 valence electrons. The highest BCUT2D eigenvalue weighted by molar-refractivity contribution is 6.44. The molecule has 6 heteroatoms. The third-order valence-corrected chi connectivity index (χ3v) is 1.66. The van der Waals surface area contributed by atoms with Crippen LogP contribution in [-0.4, -0.2) is 27.5 Å². The van der Waals surface area contributed by atoms with Crippen molar-refractivity contribution in [2.24, 2.45) is 0 Å². The zero-order valence-corrected chi connectivity index (χ0v) is 8.49. The smallest absolute Gasteiger partial charge is 0.271 e. The SMILES string of the molecule is Cc1cc(C(=O)NCC(Cl)Cl)n[nH]1. The first-order valence-corrected chi connectivity index (χ1v) is 4.55. The molecule has 4 nitrogen and oxygen atoms in total. The fourth-order valence-electron chi connectivity index (χ4n) is 0.795. The van der Waals surface area contributed by atoms with Gasteiger partial charge >= 0.3 is 0 Å². The van der Waals surface area contributed by atoms with Crippen molar-refractivity contribution in [2.45, 2.75) is 11.8 Å². The maximum atomic E-state index is 11.3. The first-order chi connectivity index (χ1) is 6.09. The Hall–Kier alpha value is -0.740. The average Bonchev–Trinajstić information content (AvgIpc) is 2.47. The predicted octanol–water partition coefficient (Wildman–Crippen LogP) is 1.25. The van der Waals surface area contributed by atoms with Gasteiger partial charge in [0.15, 0.2) is 0 Å². The molecule has 2 N–H and O–H groups in total. The van der Waals surface area contributed by atoms with E-state index < -0.39 is 4.84 Å². The molecule has 0 unspecified atom stereocenters. The molecular weight excluding hydrogens is 213 g/mol. The summed E-state index contributed by atoms with van der Waals surface area (Å²) < 4.78 is 0. The Morgan fingerprint density at radius 1 is 1.77 bits per heavy atom. The molecule has 1 aromatic rings. The summed E-state index contributed by atoms with van der Waals surface area (Å²) in [5.74, 6) is -0.282. The van der Waals surface area contributed by atoms with Crippen molar-refractivity contribution < 1.29 is 4.79 Å². The van der Waals surface area contributed by atoms with Gasteiger partial charge in [0.1, 0.15) is 10.5 Å². The quantitative estimate of drug-likeness (QED) is 0.756. The van der Waals surface area contributed by atoms with E-state index in [1.54, 1.807) is 6.07 Å². The van der Waals surface area contributed by atoms with E-state index in [-0.39, 0.29) is 12.5 Å². The van der Waals surface area contributed by atoms with Gasteiger partial charge < -0.3 is 5.32 Å². The van der Waals surface area contributed by atoms with Gasteiger partial charge in [-0.25, -0.2) is 0 Å².